The summed E-state index contributed by atoms with van der Waals surface area (Å²) in [7, 11) is 0. The standard InChI is InChI=1S/C14H27N3O/c1-12(15)6-7-14(18)17-10-4-5-13(17)11-16-8-2-3-9-16/h12-13H,2-11,15H2,1H3. The Bertz CT molecular complexity index is 274. The number of amides is 1. The molecule has 2 rings (SSSR count). The second-order valence-electron chi connectivity index (χ2n) is 5.91. The van der Waals surface area contributed by atoms with Crippen LogP contribution in [0.2, 0.25) is 0 Å². The van der Waals surface area contributed by atoms with Crippen LogP contribution >= 0.6 is 0 Å². The number of carbonyl (C=O) groups excluding carboxylic acids is 1. The molecule has 2 aliphatic heterocycles. The van der Waals surface area contributed by atoms with Gasteiger partial charge in [0.25, 0.3) is 0 Å². The molecule has 0 saturated carbocycles. The van der Waals surface area contributed by atoms with Crippen molar-refractivity contribution in [2.45, 2.75) is 57.5 Å². The Morgan fingerprint density at radius 3 is 2.67 bits per heavy atom. The lowest BCUT2D eigenvalue weighted by molar-refractivity contribution is -0.132. The Balaban J connectivity index is 1.80. The van der Waals surface area contributed by atoms with E-state index in [1.807, 2.05) is 6.92 Å². The van der Waals surface area contributed by atoms with Gasteiger partial charge in [-0.3, -0.25) is 4.79 Å². The molecule has 18 heavy (non-hydrogen) atoms. The van der Waals surface area contributed by atoms with Crippen molar-refractivity contribution in [1.82, 2.24) is 9.80 Å². The highest BCUT2D eigenvalue weighted by molar-refractivity contribution is 5.76. The molecule has 2 fully saturated rings. The molecule has 4 nitrogen and oxygen atoms in total. The minimum atomic E-state index is 0.133. The van der Waals surface area contributed by atoms with Gasteiger partial charge in [0.1, 0.15) is 0 Å². The molecule has 0 aromatic heterocycles. The lowest BCUT2D eigenvalue weighted by atomic mass is 10.1. The van der Waals surface area contributed by atoms with E-state index in [2.05, 4.69) is 9.80 Å². The zero-order chi connectivity index (χ0) is 13.0. The fourth-order valence-electron chi connectivity index (χ4n) is 3.11. The van der Waals surface area contributed by atoms with Gasteiger partial charge in [-0.15, -0.1) is 0 Å². The van der Waals surface area contributed by atoms with Crippen molar-refractivity contribution >= 4 is 5.91 Å². The van der Waals surface area contributed by atoms with Crippen molar-refractivity contribution < 1.29 is 4.79 Å². The lowest BCUT2D eigenvalue weighted by Crippen LogP contribution is -2.42. The van der Waals surface area contributed by atoms with Crippen molar-refractivity contribution in [1.29, 1.82) is 0 Å². The monoisotopic (exact) mass is 253 g/mol. The van der Waals surface area contributed by atoms with Gasteiger partial charge in [-0.25, -0.2) is 0 Å². The van der Waals surface area contributed by atoms with E-state index in [4.69, 9.17) is 5.73 Å². The predicted octanol–water partition coefficient (Wildman–Crippen LogP) is 1.20. The van der Waals surface area contributed by atoms with Gasteiger partial charge in [-0.1, -0.05) is 0 Å². The first-order valence-electron chi connectivity index (χ1n) is 7.44. The third-order valence-electron chi connectivity index (χ3n) is 4.18. The van der Waals surface area contributed by atoms with Gasteiger partial charge in [0, 0.05) is 31.6 Å². The summed E-state index contributed by atoms with van der Waals surface area (Å²) in [6.45, 7) is 6.45. The van der Waals surface area contributed by atoms with E-state index >= 15 is 0 Å². The number of nitrogens with two attached hydrogens (primary N) is 1. The SMILES string of the molecule is CC(N)CCC(=O)N1CCCC1CN1CCCC1. The number of carbonyl (C=O) groups is 1. The summed E-state index contributed by atoms with van der Waals surface area (Å²) in [6.07, 6.45) is 6.43. The van der Waals surface area contributed by atoms with Crippen LogP contribution in [0, 0.1) is 0 Å². The van der Waals surface area contributed by atoms with E-state index in [9.17, 15) is 4.79 Å². The van der Waals surface area contributed by atoms with Crippen molar-refractivity contribution in [2.24, 2.45) is 5.73 Å². The summed E-state index contributed by atoms with van der Waals surface area (Å²) in [5, 5.41) is 0. The van der Waals surface area contributed by atoms with E-state index in [1.54, 1.807) is 0 Å². The molecule has 0 bridgehead atoms. The second-order valence-corrected chi connectivity index (χ2v) is 5.91. The Morgan fingerprint density at radius 1 is 1.28 bits per heavy atom. The third kappa shape index (κ3) is 3.69. The van der Waals surface area contributed by atoms with Crippen LogP contribution in [0.15, 0.2) is 0 Å². The number of nitrogens with zero attached hydrogens (tertiary/aromatic N) is 2. The molecule has 0 spiro atoms. The molecule has 0 radical (unpaired) electrons. The van der Waals surface area contributed by atoms with Crippen LogP contribution in [0.5, 0.6) is 0 Å². The molecular weight excluding hydrogens is 226 g/mol. The summed E-state index contributed by atoms with van der Waals surface area (Å²) in [4.78, 5) is 16.8. The molecule has 2 saturated heterocycles. The summed E-state index contributed by atoms with van der Waals surface area (Å²) >= 11 is 0. The number of rotatable bonds is 5. The van der Waals surface area contributed by atoms with Gasteiger partial charge in [-0.2, -0.15) is 0 Å². The second kappa shape index (κ2) is 6.53. The molecule has 104 valence electrons. The highest BCUT2D eigenvalue weighted by atomic mass is 16.2. The molecule has 0 aliphatic carbocycles. The first kappa shape index (κ1) is 13.8. The number of likely N-dealkylation sites (tertiary alicyclic amines) is 2. The predicted molar refractivity (Wildman–Crippen MR) is 73.3 cm³/mol. The van der Waals surface area contributed by atoms with E-state index in [0.717, 1.165) is 19.5 Å². The quantitative estimate of drug-likeness (QED) is 0.801. The van der Waals surface area contributed by atoms with Crippen LogP contribution in [0.4, 0.5) is 0 Å². The Labute approximate surface area is 110 Å². The molecule has 0 aromatic rings. The number of hydrogen-bond donors (Lipinski definition) is 1. The Kier molecular flexibility index (Phi) is 5.01. The topological polar surface area (TPSA) is 49.6 Å². The minimum Gasteiger partial charge on any atom is -0.338 e. The molecule has 4 heteroatoms. The third-order valence-corrected chi connectivity index (χ3v) is 4.18. The minimum absolute atomic E-state index is 0.133. The van der Waals surface area contributed by atoms with Crippen molar-refractivity contribution in [3.05, 3.63) is 0 Å². The lowest BCUT2D eigenvalue weighted by Gasteiger charge is -2.28. The summed E-state index contributed by atoms with van der Waals surface area (Å²) in [5.74, 6) is 0.314. The summed E-state index contributed by atoms with van der Waals surface area (Å²) in [6, 6.07) is 0.595. The fraction of sp³-hybridized carbons (Fsp3) is 0.929. The van der Waals surface area contributed by atoms with Crippen LogP contribution in [0.1, 0.15) is 45.4 Å². The van der Waals surface area contributed by atoms with Crippen molar-refractivity contribution in [3.8, 4) is 0 Å². The first-order chi connectivity index (χ1) is 8.66. The molecule has 0 aromatic carbocycles. The zero-order valence-electron chi connectivity index (χ0n) is 11.6. The fourth-order valence-corrected chi connectivity index (χ4v) is 3.11. The Hall–Kier alpha value is -0.610. The molecule has 2 N–H and O–H groups in total. The number of hydrogen-bond acceptors (Lipinski definition) is 3. The van der Waals surface area contributed by atoms with Crippen LogP contribution in [-0.4, -0.2) is 54.0 Å². The molecule has 1 amide bonds. The van der Waals surface area contributed by atoms with Gasteiger partial charge in [0.15, 0.2) is 0 Å². The van der Waals surface area contributed by atoms with E-state index in [0.29, 0.717) is 18.4 Å². The van der Waals surface area contributed by atoms with Gasteiger partial charge < -0.3 is 15.5 Å². The molecular formula is C14H27N3O. The summed E-state index contributed by atoms with van der Waals surface area (Å²) in [5.41, 5.74) is 5.73. The average molecular weight is 253 g/mol. The maximum atomic E-state index is 12.2. The first-order valence-corrected chi connectivity index (χ1v) is 7.44. The highest BCUT2D eigenvalue weighted by Gasteiger charge is 2.30. The van der Waals surface area contributed by atoms with Crippen LogP contribution in [0.3, 0.4) is 0 Å². The van der Waals surface area contributed by atoms with Crippen LogP contribution < -0.4 is 5.73 Å². The van der Waals surface area contributed by atoms with Gasteiger partial charge in [-0.05, 0) is 52.1 Å². The molecule has 2 atom stereocenters. The molecule has 2 heterocycles. The maximum absolute atomic E-state index is 12.2. The van der Waals surface area contributed by atoms with Crippen LogP contribution in [0.25, 0.3) is 0 Å². The van der Waals surface area contributed by atoms with E-state index in [1.165, 1.54) is 38.8 Å². The van der Waals surface area contributed by atoms with Crippen molar-refractivity contribution in [3.63, 3.8) is 0 Å². The van der Waals surface area contributed by atoms with Crippen LogP contribution in [-0.2, 0) is 4.79 Å². The van der Waals surface area contributed by atoms with Gasteiger partial charge >= 0.3 is 0 Å². The smallest absolute Gasteiger partial charge is 0.222 e. The molecule has 2 aliphatic rings. The summed E-state index contributed by atoms with van der Waals surface area (Å²) < 4.78 is 0. The molecule has 2 unspecified atom stereocenters. The largest absolute Gasteiger partial charge is 0.338 e. The van der Waals surface area contributed by atoms with E-state index < -0.39 is 0 Å². The van der Waals surface area contributed by atoms with Gasteiger partial charge in [0.2, 0.25) is 5.91 Å². The van der Waals surface area contributed by atoms with Crippen molar-refractivity contribution in [2.75, 3.05) is 26.2 Å². The zero-order valence-corrected chi connectivity index (χ0v) is 11.6. The Morgan fingerprint density at radius 2 is 2.00 bits per heavy atom. The van der Waals surface area contributed by atoms with E-state index in [-0.39, 0.29) is 6.04 Å². The average Bonchev–Trinajstić information content (AvgIpc) is 2.97. The van der Waals surface area contributed by atoms with Gasteiger partial charge in [0.05, 0.1) is 0 Å². The maximum Gasteiger partial charge on any atom is 0.222 e. The highest BCUT2D eigenvalue weighted by Crippen LogP contribution is 2.21. The normalized spacial score (nSPS) is 26.8.